The molecule has 0 aliphatic carbocycles. The fourth-order valence-electron chi connectivity index (χ4n) is 2.28. The topological polar surface area (TPSA) is 120 Å². The fourth-order valence-corrected chi connectivity index (χ4v) is 3.50. The molecular weight excluding hydrogens is 364 g/mol. The van der Waals surface area contributed by atoms with Crippen LogP contribution in [0.1, 0.15) is 11.4 Å². The Balaban J connectivity index is 1.59. The number of phenols is 1. The highest BCUT2D eigenvalue weighted by Crippen LogP contribution is 2.37. The lowest BCUT2D eigenvalue weighted by Gasteiger charge is -2.37. The Kier molecular flexibility index (Phi) is 3.59. The molecule has 1 amide bonds. The van der Waals surface area contributed by atoms with Gasteiger partial charge in [0.1, 0.15) is 11.6 Å². The van der Waals surface area contributed by atoms with E-state index in [1.807, 2.05) is 0 Å². The highest BCUT2D eigenvalue weighted by Gasteiger charge is 2.53. The Bertz CT molecular complexity index is 896. The first-order chi connectivity index (χ1) is 12.0. The van der Waals surface area contributed by atoms with Gasteiger partial charge >= 0.3 is 5.91 Å². The Morgan fingerprint density at radius 3 is 2.84 bits per heavy atom. The molecule has 1 saturated heterocycles. The number of carbonyl (C=O) groups is 1. The molecule has 12 heteroatoms. The number of thioether (sulfide) groups is 1. The molecule has 1 fully saturated rings. The van der Waals surface area contributed by atoms with Crippen molar-refractivity contribution in [3.8, 4) is 5.75 Å². The van der Waals surface area contributed by atoms with Crippen LogP contribution in [0.2, 0.25) is 0 Å². The van der Waals surface area contributed by atoms with E-state index in [0.29, 0.717) is 16.5 Å². The zero-order chi connectivity index (χ0) is 17.6. The molecule has 1 atom stereocenters. The van der Waals surface area contributed by atoms with Crippen molar-refractivity contribution in [3.05, 3.63) is 35.7 Å². The molecule has 2 aromatic rings. The third kappa shape index (κ3) is 2.59. The lowest BCUT2D eigenvalue weighted by molar-refractivity contribution is -0.131. The molecule has 4 N–H and O–H groups in total. The monoisotopic (exact) mass is 376 g/mol. The number of hydrogen-bond donors (Lipinski definition) is 4. The molecule has 128 valence electrons. The van der Waals surface area contributed by atoms with Crippen LogP contribution in [-0.2, 0) is 4.79 Å². The smallest absolute Gasteiger partial charge is 0.304 e. The maximum atomic E-state index is 13.0. The van der Waals surface area contributed by atoms with Crippen LogP contribution in [0.5, 0.6) is 5.75 Å². The van der Waals surface area contributed by atoms with Crippen molar-refractivity contribution < 1.29 is 9.90 Å². The van der Waals surface area contributed by atoms with E-state index in [-0.39, 0.29) is 10.9 Å². The number of benzene rings is 1. The van der Waals surface area contributed by atoms with Gasteiger partial charge in [-0.1, -0.05) is 0 Å². The van der Waals surface area contributed by atoms with Gasteiger partial charge in [-0.2, -0.15) is 15.5 Å². The highest BCUT2D eigenvalue weighted by atomic mass is 32.2. The summed E-state index contributed by atoms with van der Waals surface area (Å²) in [7, 11) is 0. The first-order valence-electron chi connectivity index (χ1n) is 7.12. The molecular formula is C13H12N8O2S2. The van der Waals surface area contributed by atoms with E-state index in [1.165, 1.54) is 18.3 Å². The number of thiocarbonyl (C=S) groups is 1. The Hall–Kier alpha value is -2.70. The van der Waals surface area contributed by atoms with Crippen LogP contribution < -0.4 is 16.3 Å². The molecule has 1 unspecified atom stereocenters. The molecule has 3 heterocycles. The maximum Gasteiger partial charge on any atom is 0.304 e. The van der Waals surface area contributed by atoms with Gasteiger partial charge in [-0.15, -0.1) is 10.2 Å². The number of carbonyl (C=O) groups excluding carboxylic acids is 1. The van der Waals surface area contributed by atoms with E-state index in [0.717, 1.165) is 16.8 Å². The number of nitrogens with zero attached hydrogens (tertiary/aromatic N) is 5. The van der Waals surface area contributed by atoms with Gasteiger partial charge < -0.3 is 5.11 Å². The zero-order valence-electron chi connectivity index (χ0n) is 12.8. The molecule has 10 nitrogen and oxygen atoms in total. The standard InChI is InChI=1S/C13H12N8O2S2/c1-7-15-17-12-20(7)19-13(25-12)10(23)21(11(24)16-18-13)14-6-8-2-4-9(22)5-3-8/h2-6,18-19,22H,1H3,(H,16,24)/b14-6+. The highest BCUT2D eigenvalue weighted by molar-refractivity contribution is 8.01. The van der Waals surface area contributed by atoms with Gasteiger partial charge in [-0.25, -0.2) is 4.68 Å². The summed E-state index contributed by atoms with van der Waals surface area (Å²) >= 11 is 6.32. The van der Waals surface area contributed by atoms with Crippen LogP contribution in [0, 0.1) is 6.92 Å². The molecule has 25 heavy (non-hydrogen) atoms. The van der Waals surface area contributed by atoms with Crippen molar-refractivity contribution in [2.24, 2.45) is 5.10 Å². The average Bonchev–Trinajstić information content (AvgIpc) is 3.13. The molecule has 1 aromatic carbocycles. The lowest BCUT2D eigenvalue weighted by Crippen LogP contribution is -2.71. The second-order valence-electron chi connectivity index (χ2n) is 5.27. The van der Waals surface area contributed by atoms with Crippen LogP contribution in [0.25, 0.3) is 0 Å². The SMILES string of the molecule is Cc1nnc2n1NC1(NNC(=S)N(/N=C/c3ccc(O)cc3)C1=O)S2. The molecule has 4 rings (SSSR count). The van der Waals surface area contributed by atoms with E-state index >= 15 is 0 Å². The quantitative estimate of drug-likeness (QED) is 0.419. The van der Waals surface area contributed by atoms with Crippen molar-refractivity contribution in [2.45, 2.75) is 17.1 Å². The fraction of sp³-hybridized carbons (Fsp3) is 0.154. The van der Waals surface area contributed by atoms with Gasteiger partial charge in [0.25, 0.3) is 4.99 Å². The van der Waals surface area contributed by atoms with E-state index in [9.17, 15) is 9.90 Å². The molecule has 0 bridgehead atoms. The van der Waals surface area contributed by atoms with Crippen molar-refractivity contribution in [1.29, 1.82) is 0 Å². The van der Waals surface area contributed by atoms with Crippen LogP contribution >= 0.6 is 24.0 Å². The van der Waals surface area contributed by atoms with Crippen LogP contribution in [0.4, 0.5) is 0 Å². The maximum absolute atomic E-state index is 13.0. The molecule has 2 aliphatic rings. The van der Waals surface area contributed by atoms with Gasteiger partial charge in [0.05, 0.1) is 6.21 Å². The van der Waals surface area contributed by atoms with Crippen molar-refractivity contribution in [2.75, 3.05) is 5.43 Å². The lowest BCUT2D eigenvalue weighted by atomic mass is 10.2. The Morgan fingerprint density at radius 2 is 2.12 bits per heavy atom. The predicted octanol–water partition coefficient (Wildman–Crippen LogP) is -0.149. The van der Waals surface area contributed by atoms with Crippen molar-refractivity contribution in [3.63, 3.8) is 0 Å². The molecule has 0 saturated carbocycles. The predicted molar refractivity (Wildman–Crippen MR) is 94.1 cm³/mol. The van der Waals surface area contributed by atoms with Gasteiger partial charge in [0.2, 0.25) is 10.3 Å². The molecule has 1 aromatic heterocycles. The first-order valence-corrected chi connectivity index (χ1v) is 8.35. The van der Waals surface area contributed by atoms with E-state index in [1.54, 1.807) is 23.7 Å². The van der Waals surface area contributed by atoms with Gasteiger partial charge in [0.15, 0.2) is 0 Å². The van der Waals surface area contributed by atoms with E-state index in [2.05, 4.69) is 31.6 Å². The van der Waals surface area contributed by atoms with Crippen molar-refractivity contribution >= 4 is 41.2 Å². The van der Waals surface area contributed by atoms with Gasteiger partial charge in [-0.3, -0.25) is 15.6 Å². The van der Waals surface area contributed by atoms with Crippen molar-refractivity contribution in [1.82, 2.24) is 30.7 Å². The minimum atomic E-state index is -1.23. The third-order valence-electron chi connectivity index (χ3n) is 3.56. The minimum absolute atomic E-state index is 0.118. The summed E-state index contributed by atoms with van der Waals surface area (Å²) in [6.07, 6.45) is 1.48. The Labute approximate surface area is 151 Å². The summed E-state index contributed by atoms with van der Waals surface area (Å²) in [5, 5.41) is 23.2. The summed E-state index contributed by atoms with van der Waals surface area (Å²) in [6, 6.07) is 6.40. The number of nitrogens with one attached hydrogen (secondary N) is 3. The second kappa shape index (κ2) is 5.68. The summed E-state index contributed by atoms with van der Waals surface area (Å²) in [6.45, 7) is 1.77. The number of aromatic hydroxyl groups is 1. The molecule has 0 radical (unpaired) electrons. The van der Waals surface area contributed by atoms with Crippen LogP contribution in [-0.4, -0.2) is 47.2 Å². The number of amides is 1. The van der Waals surface area contributed by atoms with Crippen LogP contribution in [0.15, 0.2) is 34.5 Å². The molecule has 2 aliphatic heterocycles. The summed E-state index contributed by atoms with van der Waals surface area (Å²) < 4.78 is 1.62. The minimum Gasteiger partial charge on any atom is -0.508 e. The number of rotatable bonds is 2. The largest absolute Gasteiger partial charge is 0.508 e. The zero-order valence-corrected chi connectivity index (χ0v) is 14.4. The first kappa shape index (κ1) is 15.8. The number of fused-ring (bicyclic) bond motifs is 1. The number of phenolic OH excluding ortho intramolecular Hbond substituents is 1. The number of hydrogen-bond acceptors (Lipinski definition) is 9. The number of aryl methyl sites for hydroxylation is 1. The number of hydrazone groups is 1. The Morgan fingerprint density at radius 1 is 1.36 bits per heavy atom. The second-order valence-corrected chi connectivity index (χ2v) is 6.84. The number of aromatic nitrogens is 3. The van der Waals surface area contributed by atoms with Crippen LogP contribution in [0.3, 0.4) is 0 Å². The average molecular weight is 376 g/mol. The normalized spacial score (nSPS) is 22.4. The van der Waals surface area contributed by atoms with E-state index < -0.39 is 10.9 Å². The number of hydrazine groups is 1. The molecule has 1 spiro atoms. The summed E-state index contributed by atoms with van der Waals surface area (Å²) in [5.41, 5.74) is 9.37. The summed E-state index contributed by atoms with van der Waals surface area (Å²) in [4.78, 5) is 11.7. The van der Waals surface area contributed by atoms with Gasteiger partial charge in [0, 0.05) is 0 Å². The van der Waals surface area contributed by atoms with E-state index in [4.69, 9.17) is 12.2 Å². The van der Waals surface area contributed by atoms with Gasteiger partial charge in [-0.05, 0) is 60.7 Å². The third-order valence-corrected chi connectivity index (χ3v) is 4.95. The summed E-state index contributed by atoms with van der Waals surface area (Å²) in [5.74, 6) is 0.374.